The highest BCUT2D eigenvalue weighted by atomic mass is 32.2. The van der Waals surface area contributed by atoms with Crippen LogP contribution in [-0.4, -0.2) is 27.0 Å². The average Bonchev–Trinajstić information content (AvgIpc) is 2.90. The van der Waals surface area contributed by atoms with Gasteiger partial charge in [-0.05, 0) is 66.4 Å². The quantitative estimate of drug-likeness (QED) is 0.310. The van der Waals surface area contributed by atoms with Crippen molar-refractivity contribution in [1.29, 1.82) is 0 Å². The number of nitrogens with one attached hydrogen (secondary N) is 2. The summed E-state index contributed by atoms with van der Waals surface area (Å²) in [5, 5.41) is 2.76. The zero-order valence-corrected chi connectivity index (χ0v) is 20.7. The molecular weight excluding hydrogens is 472 g/mol. The lowest BCUT2D eigenvalue weighted by atomic mass is 10.1. The summed E-state index contributed by atoms with van der Waals surface area (Å²) in [7, 11) is -3.64. The smallest absolute Gasteiger partial charge is 0.265 e. The molecule has 36 heavy (non-hydrogen) atoms. The molecule has 0 fully saturated rings. The molecule has 184 valence electrons. The van der Waals surface area contributed by atoms with Gasteiger partial charge in [0.25, 0.3) is 5.91 Å². The van der Waals surface area contributed by atoms with E-state index in [1.807, 2.05) is 84.9 Å². The topological polar surface area (TPSA) is 84.5 Å². The van der Waals surface area contributed by atoms with E-state index in [1.54, 1.807) is 19.1 Å². The number of anilines is 1. The number of ether oxygens (including phenoxy) is 1. The number of carbonyl (C=O) groups is 1. The van der Waals surface area contributed by atoms with Crippen LogP contribution in [0.1, 0.15) is 12.5 Å². The van der Waals surface area contributed by atoms with Crippen LogP contribution in [0, 0.1) is 0 Å². The van der Waals surface area contributed by atoms with Crippen LogP contribution < -0.4 is 14.8 Å². The van der Waals surface area contributed by atoms with Crippen LogP contribution in [0.5, 0.6) is 5.75 Å². The molecule has 0 aliphatic rings. The molecule has 4 aromatic rings. The molecule has 7 heteroatoms. The lowest BCUT2D eigenvalue weighted by molar-refractivity contribution is -0.122. The molecule has 2 N–H and O–H groups in total. The first-order chi connectivity index (χ1) is 17.4. The van der Waals surface area contributed by atoms with Gasteiger partial charge in [0, 0.05) is 12.2 Å². The highest BCUT2D eigenvalue weighted by molar-refractivity contribution is 7.89. The Labute approximate surface area is 212 Å². The molecule has 4 rings (SSSR count). The van der Waals surface area contributed by atoms with Gasteiger partial charge in [0.05, 0.1) is 4.90 Å². The maximum absolute atomic E-state index is 12.6. The molecule has 0 aliphatic carbocycles. The van der Waals surface area contributed by atoms with E-state index in [1.165, 1.54) is 12.1 Å². The summed E-state index contributed by atoms with van der Waals surface area (Å²) in [5.74, 6) is 0.249. The number of benzene rings is 4. The van der Waals surface area contributed by atoms with Crippen molar-refractivity contribution in [2.45, 2.75) is 24.3 Å². The van der Waals surface area contributed by atoms with E-state index in [2.05, 4.69) is 10.0 Å². The van der Waals surface area contributed by atoms with Crippen molar-refractivity contribution in [3.05, 3.63) is 115 Å². The van der Waals surface area contributed by atoms with Gasteiger partial charge in [-0.3, -0.25) is 4.79 Å². The molecule has 0 heterocycles. The molecular formula is C29H28N2O4S. The number of hydrogen-bond acceptors (Lipinski definition) is 4. The number of hydrogen-bond donors (Lipinski definition) is 2. The third-order valence-electron chi connectivity index (χ3n) is 5.62. The van der Waals surface area contributed by atoms with Crippen LogP contribution in [0.15, 0.2) is 114 Å². The molecule has 1 amide bonds. The number of rotatable bonds is 10. The van der Waals surface area contributed by atoms with E-state index in [9.17, 15) is 13.2 Å². The lowest BCUT2D eigenvalue weighted by Crippen LogP contribution is -2.30. The third-order valence-corrected chi connectivity index (χ3v) is 7.10. The first-order valence-corrected chi connectivity index (χ1v) is 13.2. The minimum absolute atomic E-state index is 0.136. The van der Waals surface area contributed by atoms with Crippen LogP contribution in [0.2, 0.25) is 0 Å². The van der Waals surface area contributed by atoms with Crippen molar-refractivity contribution in [3.8, 4) is 16.9 Å². The normalized spacial score (nSPS) is 12.0. The fraction of sp³-hybridized carbons (Fsp3) is 0.138. The summed E-state index contributed by atoms with van der Waals surface area (Å²) >= 11 is 0. The predicted molar refractivity (Wildman–Crippen MR) is 142 cm³/mol. The minimum Gasteiger partial charge on any atom is -0.481 e. The third kappa shape index (κ3) is 6.81. The minimum atomic E-state index is -3.64. The second-order valence-electron chi connectivity index (χ2n) is 8.30. The van der Waals surface area contributed by atoms with Crippen LogP contribution in [0.4, 0.5) is 5.69 Å². The van der Waals surface area contributed by atoms with Crippen molar-refractivity contribution in [2.24, 2.45) is 0 Å². The van der Waals surface area contributed by atoms with Gasteiger partial charge in [-0.1, -0.05) is 72.8 Å². The Hall–Kier alpha value is -3.94. The van der Waals surface area contributed by atoms with E-state index >= 15 is 0 Å². The molecule has 0 spiro atoms. The molecule has 1 atom stereocenters. The van der Waals surface area contributed by atoms with Crippen LogP contribution in [0.3, 0.4) is 0 Å². The average molecular weight is 501 g/mol. The number of sulfonamides is 1. The fourth-order valence-electron chi connectivity index (χ4n) is 3.63. The Bertz CT molecular complexity index is 1370. The van der Waals surface area contributed by atoms with E-state index in [0.717, 1.165) is 16.7 Å². The molecule has 4 aromatic carbocycles. The highest BCUT2D eigenvalue weighted by Crippen LogP contribution is 2.23. The van der Waals surface area contributed by atoms with Gasteiger partial charge in [0.2, 0.25) is 10.0 Å². The molecule has 0 saturated carbocycles. The molecule has 0 saturated heterocycles. The summed E-state index contributed by atoms with van der Waals surface area (Å²) in [6.45, 7) is 1.96. The molecule has 0 aromatic heterocycles. The van der Waals surface area contributed by atoms with Crippen molar-refractivity contribution in [2.75, 3.05) is 11.9 Å². The van der Waals surface area contributed by atoms with Crippen molar-refractivity contribution < 1.29 is 17.9 Å². The van der Waals surface area contributed by atoms with Crippen LogP contribution >= 0.6 is 0 Å². The first kappa shape index (κ1) is 25.2. The van der Waals surface area contributed by atoms with Gasteiger partial charge in [-0.2, -0.15) is 0 Å². The standard InChI is InChI=1S/C29H28N2O4S/c1-22(35-27-16-12-25(13-17-27)24-10-6-3-7-11-24)29(32)31-26-14-18-28(19-15-26)36(33,34)30-21-20-23-8-4-2-5-9-23/h2-19,22,30H,20-21H2,1H3,(H,31,32). The van der Waals surface area contributed by atoms with Crippen LogP contribution in [0.25, 0.3) is 11.1 Å². The van der Waals surface area contributed by atoms with E-state index in [0.29, 0.717) is 24.4 Å². The SMILES string of the molecule is CC(Oc1ccc(-c2ccccc2)cc1)C(=O)Nc1ccc(S(=O)(=O)NCCc2ccccc2)cc1. The predicted octanol–water partition coefficient (Wildman–Crippen LogP) is 5.28. The summed E-state index contributed by atoms with van der Waals surface area (Å²) in [6.07, 6.45) is -0.142. The summed E-state index contributed by atoms with van der Waals surface area (Å²) in [4.78, 5) is 12.7. The lowest BCUT2D eigenvalue weighted by Gasteiger charge is -2.15. The number of carbonyl (C=O) groups excluding carboxylic acids is 1. The van der Waals surface area contributed by atoms with Gasteiger partial charge in [-0.25, -0.2) is 13.1 Å². The Morgan fingerprint density at radius 3 is 2.00 bits per heavy atom. The Balaban J connectivity index is 1.29. The summed E-state index contributed by atoms with van der Waals surface area (Å²) in [6, 6.07) is 33.3. The van der Waals surface area contributed by atoms with Gasteiger partial charge >= 0.3 is 0 Å². The second kappa shape index (κ2) is 11.7. The molecule has 0 bridgehead atoms. The fourth-order valence-corrected chi connectivity index (χ4v) is 4.67. The molecule has 6 nitrogen and oxygen atoms in total. The zero-order valence-electron chi connectivity index (χ0n) is 19.9. The maximum Gasteiger partial charge on any atom is 0.265 e. The largest absolute Gasteiger partial charge is 0.481 e. The van der Waals surface area contributed by atoms with Crippen molar-refractivity contribution in [1.82, 2.24) is 4.72 Å². The summed E-state index contributed by atoms with van der Waals surface area (Å²) in [5.41, 5.74) is 3.70. The Morgan fingerprint density at radius 2 is 1.36 bits per heavy atom. The van der Waals surface area contributed by atoms with Gasteiger partial charge in [-0.15, -0.1) is 0 Å². The van der Waals surface area contributed by atoms with E-state index < -0.39 is 16.1 Å². The monoisotopic (exact) mass is 500 g/mol. The van der Waals surface area contributed by atoms with Crippen molar-refractivity contribution >= 4 is 21.6 Å². The zero-order chi connectivity index (χ0) is 25.4. The second-order valence-corrected chi connectivity index (χ2v) is 10.1. The van der Waals surface area contributed by atoms with Crippen LogP contribution in [-0.2, 0) is 21.2 Å². The Morgan fingerprint density at radius 1 is 0.778 bits per heavy atom. The molecule has 0 radical (unpaired) electrons. The Kier molecular flexibility index (Phi) is 8.15. The molecule has 1 unspecified atom stereocenters. The highest BCUT2D eigenvalue weighted by Gasteiger charge is 2.17. The van der Waals surface area contributed by atoms with Crippen molar-refractivity contribution in [3.63, 3.8) is 0 Å². The molecule has 0 aliphatic heterocycles. The van der Waals surface area contributed by atoms with E-state index in [-0.39, 0.29) is 10.8 Å². The van der Waals surface area contributed by atoms with E-state index in [4.69, 9.17) is 4.74 Å². The van der Waals surface area contributed by atoms with Gasteiger partial charge < -0.3 is 10.1 Å². The summed E-state index contributed by atoms with van der Waals surface area (Å²) < 4.78 is 33.5. The number of amides is 1. The first-order valence-electron chi connectivity index (χ1n) is 11.7. The maximum atomic E-state index is 12.6. The van der Waals surface area contributed by atoms with Gasteiger partial charge in [0.15, 0.2) is 6.10 Å². The van der Waals surface area contributed by atoms with Gasteiger partial charge in [0.1, 0.15) is 5.75 Å².